The lowest BCUT2D eigenvalue weighted by Crippen LogP contribution is -2.61. The van der Waals surface area contributed by atoms with Crippen LogP contribution in [0.3, 0.4) is 0 Å². The number of carbonyl (C=O) groups is 1. The first-order valence-electron chi connectivity index (χ1n) is 8.11. The first-order valence-corrected chi connectivity index (χ1v) is 8.11. The van der Waals surface area contributed by atoms with Crippen molar-refractivity contribution in [1.82, 2.24) is 10.2 Å². The molecule has 0 aromatic carbocycles. The van der Waals surface area contributed by atoms with E-state index in [9.17, 15) is 4.79 Å². The topological polar surface area (TPSA) is 41.6 Å². The Kier molecular flexibility index (Phi) is 4.97. The molecule has 1 N–H and O–H groups in total. The molecule has 1 fully saturated rings. The van der Waals surface area contributed by atoms with Crippen molar-refractivity contribution >= 4 is 6.09 Å². The van der Waals surface area contributed by atoms with Crippen LogP contribution < -0.4 is 5.32 Å². The van der Waals surface area contributed by atoms with Gasteiger partial charge in [0, 0.05) is 19.1 Å². The Morgan fingerprint density at radius 2 is 2.10 bits per heavy atom. The van der Waals surface area contributed by atoms with E-state index in [1.165, 1.54) is 18.4 Å². The molecule has 1 amide bonds. The van der Waals surface area contributed by atoms with Crippen molar-refractivity contribution in [2.24, 2.45) is 11.8 Å². The zero-order valence-electron chi connectivity index (χ0n) is 14.1. The number of rotatable bonds is 3. The fourth-order valence-corrected chi connectivity index (χ4v) is 3.26. The molecule has 1 aliphatic carbocycles. The van der Waals surface area contributed by atoms with Gasteiger partial charge in [0.05, 0.1) is 0 Å². The van der Waals surface area contributed by atoms with Gasteiger partial charge in [-0.3, -0.25) is 0 Å². The smallest absolute Gasteiger partial charge is 0.410 e. The molecule has 4 heteroatoms. The number of hydrogen-bond acceptors (Lipinski definition) is 3. The number of nitrogens with zero attached hydrogens (tertiary/aromatic N) is 1. The Labute approximate surface area is 128 Å². The van der Waals surface area contributed by atoms with Crippen LogP contribution >= 0.6 is 0 Å². The highest BCUT2D eigenvalue weighted by Crippen LogP contribution is 2.27. The Morgan fingerprint density at radius 3 is 2.67 bits per heavy atom. The zero-order valence-corrected chi connectivity index (χ0v) is 14.1. The maximum atomic E-state index is 11.8. The van der Waals surface area contributed by atoms with E-state index in [4.69, 9.17) is 4.74 Å². The van der Waals surface area contributed by atoms with Crippen LogP contribution in [-0.4, -0.2) is 42.3 Å². The van der Waals surface area contributed by atoms with Crippen LogP contribution in [0.25, 0.3) is 0 Å². The first kappa shape index (κ1) is 16.3. The lowest BCUT2D eigenvalue weighted by Gasteiger charge is -2.41. The van der Waals surface area contributed by atoms with Gasteiger partial charge < -0.3 is 15.0 Å². The van der Waals surface area contributed by atoms with E-state index in [2.05, 4.69) is 25.2 Å². The van der Waals surface area contributed by atoms with E-state index in [0.29, 0.717) is 12.0 Å². The highest BCUT2D eigenvalue weighted by molar-refractivity contribution is 5.69. The molecule has 0 aromatic heterocycles. The maximum Gasteiger partial charge on any atom is 0.410 e. The summed E-state index contributed by atoms with van der Waals surface area (Å²) >= 11 is 0. The summed E-state index contributed by atoms with van der Waals surface area (Å²) in [6.45, 7) is 12.8. The molecular formula is C17H30N2O2. The molecule has 21 heavy (non-hydrogen) atoms. The van der Waals surface area contributed by atoms with Crippen LogP contribution in [-0.2, 0) is 4.74 Å². The van der Waals surface area contributed by atoms with Crippen molar-refractivity contribution in [3.63, 3.8) is 0 Å². The molecule has 0 bridgehead atoms. The Balaban J connectivity index is 1.65. The van der Waals surface area contributed by atoms with Crippen LogP contribution in [0.2, 0.25) is 0 Å². The normalized spacial score (nSPS) is 27.1. The molecule has 2 rings (SSSR count). The van der Waals surface area contributed by atoms with Crippen molar-refractivity contribution in [3.8, 4) is 0 Å². The molecule has 1 saturated heterocycles. The van der Waals surface area contributed by atoms with Gasteiger partial charge in [0.2, 0.25) is 0 Å². The number of nitrogens with one attached hydrogen (secondary N) is 1. The van der Waals surface area contributed by atoms with Crippen LogP contribution in [0.1, 0.15) is 47.5 Å². The number of amides is 1. The lowest BCUT2D eigenvalue weighted by molar-refractivity contribution is 0.00494. The van der Waals surface area contributed by atoms with Crippen LogP contribution in [0.4, 0.5) is 4.79 Å². The molecule has 1 aliphatic heterocycles. The molecule has 0 saturated carbocycles. The molecule has 120 valence electrons. The molecule has 2 unspecified atom stereocenters. The minimum atomic E-state index is -0.405. The second-order valence-corrected chi connectivity index (χ2v) is 7.79. The first-order chi connectivity index (χ1) is 9.73. The van der Waals surface area contributed by atoms with Crippen molar-refractivity contribution in [3.05, 3.63) is 11.6 Å². The highest BCUT2D eigenvalue weighted by atomic mass is 16.6. The predicted octanol–water partition coefficient (Wildman–Crippen LogP) is 3.19. The van der Waals surface area contributed by atoms with Gasteiger partial charge in [-0.15, -0.1) is 0 Å². The van der Waals surface area contributed by atoms with E-state index in [1.807, 2.05) is 20.8 Å². The molecule has 2 aliphatic rings. The van der Waals surface area contributed by atoms with Gasteiger partial charge in [-0.1, -0.05) is 18.6 Å². The summed E-state index contributed by atoms with van der Waals surface area (Å²) in [6, 6.07) is 0.430. The zero-order chi connectivity index (χ0) is 15.6. The summed E-state index contributed by atoms with van der Waals surface area (Å²) in [5, 5.41) is 3.60. The Morgan fingerprint density at radius 1 is 1.43 bits per heavy atom. The third kappa shape index (κ3) is 5.03. The fraction of sp³-hybridized carbons (Fsp3) is 0.824. The average Bonchev–Trinajstić information content (AvgIpc) is 2.22. The second kappa shape index (κ2) is 6.39. The number of ether oxygens (including phenoxy) is 1. The molecule has 0 aromatic rings. The molecule has 0 spiro atoms. The second-order valence-electron chi connectivity index (χ2n) is 7.79. The van der Waals surface area contributed by atoms with Gasteiger partial charge in [-0.05, 0) is 58.9 Å². The minimum Gasteiger partial charge on any atom is -0.444 e. The number of hydrogen-bond donors (Lipinski definition) is 1. The Hall–Kier alpha value is -1.03. The standard InChI is InChI=1S/C17H30N2O2/c1-12-6-13(2)8-14(7-12)9-18-15-10-19(11-15)16(20)21-17(3,4)5/h6,12,14-15,18H,7-11H2,1-5H3. The number of carbonyl (C=O) groups excluding carboxylic acids is 1. The fourth-order valence-electron chi connectivity index (χ4n) is 3.26. The molecule has 2 atom stereocenters. The molecule has 0 radical (unpaired) electrons. The van der Waals surface area contributed by atoms with Crippen LogP contribution in [0.15, 0.2) is 11.6 Å². The SMILES string of the molecule is CC1=CC(C)CC(CNC2CN(C(=O)OC(C)(C)C)C2)C1. The summed E-state index contributed by atoms with van der Waals surface area (Å²) in [5.74, 6) is 1.44. The van der Waals surface area contributed by atoms with Crippen LogP contribution in [0, 0.1) is 11.8 Å². The van der Waals surface area contributed by atoms with E-state index in [-0.39, 0.29) is 6.09 Å². The van der Waals surface area contributed by atoms with Crippen molar-refractivity contribution in [1.29, 1.82) is 0 Å². The maximum absolute atomic E-state index is 11.8. The van der Waals surface area contributed by atoms with Crippen molar-refractivity contribution < 1.29 is 9.53 Å². The van der Waals surface area contributed by atoms with Gasteiger partial charge in [-0.2, -0.15) is 0 Å². The van der Waals surface area contributed by atoms with Crippen LogP contribution in [0.5, 0.6) is 0 Å². The van der Waals surface area contributed by atoms with Crippen molar-refractivity contribution in [2.45, 2.75) is 59.1 Å². The highest BCUT2D eigenvalue weighted by Gasteiger charge is 2.33. The number of likely N-dealkylation sites (tertiary alicyclic amines) is 1. The van der Waals surface area contributed by atoms with Gasteiger partial charge in [0.15, 0.2) is 0 Å². The summed E-state index contributed by atoms with van der Waals surface area (Å²) < 4.78 is 5.36. The van der Waals surface area contributed by atoms with Gasteiger partial charge in [0.25, 0.3) is 0 Å². The largest absolute Gasteiger partial charge is 0.444 e. The van der Waals surface area contributed by atoms with Gasteiger partial charge in [0.1, 0.15) is 5.60 Å². The lowest BCUT2D eigenvalue weighted by atomic mass is 9.83. The third-order valence-corrected chi connectivity index (χ3v) is 4.11. The Bertz CT molecular complexity index is 406. The summed E-state index contributed by atoms with van der Waals surface area (Å²) in [7, 11) is 0. The van der Waals surface area contributed by atoms with E-state index < -0.39 is 5.60 Å². The van der Waals surface area contributed by atoms with Crippen molar-refractivity contribution in [2.75, 3.05) is 19.6 Å². The summed E-state index contributed by atoms with van der Waals surface area (Å²) in [5.41, 5.74) is 1.11. The van der Waals surface area contributed by atoms with Gasteiger partial charge in [-0.25, -0.2) is 4.79 Å². The molecule has 4 nitrogen and oxygen atoms in total. The van der Waals surface area contributed by atoms with E-state index >= 15 is 0 Å². The minimum absolute atomic E-state index is 0.189. The molecular weight excluding hydrogens is 264 g/mol. The monoisotopic (exact) mass is 294 g/mol. The molecule has 1 heterocycles. The quantitative estimate of drug-likeness (QED) is 0.813. The number of allylic oxidation sites excluding steroid dienone is 2. The third-order valence-electron chi connectivity index (χ3n) is 4.11. The van der Waals surface area contributed by atoms with E-state index in [0.717, 1.165) is 25.6 Å². The van der Waals surface area contributed by atoms with E-state index in [1.54, 1.807) is 4.90 Å². The van der Waals surface area contributed by atoms with Gasteiger partial charge >= 0.3 is 6.09 Å². The summed E-state index contributed by atoms with van der Waals surface area (Å²) in [6.07, 6.45) is 4.68. The summed E-state index contributed by atoms with van der Waals surface area (Å²) in [4.78, 5) is 13.6. The predicted molar refractivity (Wildman–Crippen MR) is 85.2 cm³/mol. The average molecular weight is 294 g/mol.